The normalized spacial score (nSPS) is 16.4. The summed E-state index contributed by atoms with van der Waals surface area (Å²) in [4.78, 5) is 13.9. The molecule has 1 atom stereocenters. The van der Waals surface area contributed by atoms with Gasteiger partial charge in [0.15, 0.2) is 0 Å². The van der Waals surface area contributed by atoms with Gasteiger partial charge in [0.05, 0.1) is 0 Å². The quantitative estimate of drug-likeness (QED) is 0.829. The third-order valence-electron chi connectivity index (χ3n) is 4.00. The molecular formula is C17H26N2O. The van der Waals surface area contributed by atoms with Gasteiger partial charge in [0.2, 0.25) is 5.91 Å². The molecule has 1 amide bonds. The maximum absolute atomic E-state index is 11.9. The second kappa shape index (κ2) is 8.05. The highest BCUT2D eigenvalue weighted by atomic mass is 16.2. The first-order valence-corrected chi connectivity index (χ1v) is 7.81. The van der Waals surface area contributed by atoms with Crippen LogP contribution in [-0.2, 0) is 11.2 Å². The Bertz CT molecular complexity index is 399. The number of nitrogens with one attached hydrogen (secondary N) is 1. The first-order chi connectivity index (χ1) is 9.75. The van der Waals surface area contributed by atoms with Gasteiger partial charge in [0.1, 0.15) is 0 Å². The van der Waals surface area contributed by atoms with Crippen LogP contribution in [0.4, 0.5) is 0 Å². The molecule has 1 aromatic carbocycles. The predicted molar refractivity (Wildman–Crippen MR) is 82.7 cm³/mol. The smallest absolute Gasteiger partial charge is 0.223 e. The van der Waals surface area contributed by atoms with Crippen LogP contribution in [0.3, 0.4) is 0 Å². The fourth-order valence-corrected chi connectivity index (χ4v) is 2.68. The maximum atomic E-state index is 11.9. The van der Waals surface area contributed by atoms with E-state index in [1.807, 2.05) is 4.90 Å². The van der Waals surface area contributed by atoms with E-state index in [0.29, 0.717) is 18.4 Å². The lowest BCUT2D eigenvalue weighted by atomic mass is 10.1. The second-order valence-electron chi connectivity index (χ2n) is 5.72. The van der Waals surface area contributed by atoms with E-state index >= 15 is 0 Å². The molecule has 110 valence electrons. The molecular weight excluding hydrogens is 248 g/mol. The largest absolute Gasteiger partial charge is 0.343 e. The summed E-state index contributed by atoms with van der Waals surface area (Å²) >= 11 is 0. The Kier molecular flexibility index (Phi) is 6.06. The number of hydrogen-bond acceptors (Lipinski definition) is 2. The van der Waals surface area contributed by atoms with Gasteiger partial charge < -0.3 is 10.2 Å². The summed E-state index contributed by atoms with van der Waals surface area (Å²) in [6.45, 7) is 4.92. The average Bonchev–Trinajstić information content (AvgIpc) is 3.00. The molecule has 1 aliphatic heterocycles. The maximum Gasteiger partial charge on any atom is 0.223 e. The SMILES string of the molecule is CC(CCc1ccccc1)NCCC(=O)N1CCCC1. The molecule has 0 bridgehead atoms. The minimum Gasteiger partial charge on any atom is -0.343 e. The lowest BCUT2D eigenvalue weighted by Crippen LogP contribution is -2.33. The summed E-state index contributed by atoms with van der Waals surface area (Å²) in [5.74, 6) is 0.310. The zero-order chi connectivity index (χ0) is 14.2. The van der Waals surface area contributed by atoms with Crippen LogP contribution in [0.5, 0.6) is 0 Å². The van der Waals surface area contributed by atoms with Crippen LogP contribution in [0.15, 0.2) is 30.3 Å². The van der Waals surface area contributed by atoms with Crippen molar-refractivity contribution >= 4 is 5.91 Å². The van der Waals surface area contributed by atoms with Crippen molar-refractivity contribution in [2.75, 3.05) is 19.6 Å². The van der Waals surface area contributed by atoms with Crippen molar-refractivity contribution in [2.45, 2.75) is 45.1 Å². The van der Waals surface area contributed by atoms with Crippen molar-refractivity contribution in [3.05, 3.63) is 35.9 Å². The van der Waals surface area contributed by atoms with E-state index in [1.54, 1.807) is 0 Å². The van der Waals surface area contributed by atoms with Crippen LogP contribution in [0.1, 0.15) is 38.2 Å². The lowest BCUT2D eigenvalue weighted by molar-refractivity contribution is -0.130. The molecule has 0 spiro atoms. The molecule has 3 nitrogen and oxygen atoms in total. The van der Waals surface area contributed by atoms with Gasteiger partial charge in [-0.3, -0.25) is 4.79 Å². The van der Waals surface area contributed by atoms with Gasteiger partial charge in [-0.25, -0.2) is 0 Å². The first-order valence-electron chi connectivity index (χ1n) is 7.81. The molecule has 1 unspecified atom stereocenters. The Morgan fingerprint density at radius 1 is 1.25 bits per heavy atom. The van der Waals surface area contributed by atoms with Crippen LogP contribution < -0.4 is 5.32 Å². The van der Waals surface area contributed by atoms with Crippen LogP contribution >= 0.6 is 0 Å². The number of benzene rings is 1. The van der Waals surface area contributed by atoms with Crippen LogP contribution in [0, 0.1) is 0 Å². The highest BCUT2D eigenvalue weighted by molar-refractivity contribution is 5.76. The van der Waals surface area contributed by atoms with Gasteiger partial charge in [-0.1, -0.05) is 30.3 Å². The van der Waals surface area contributed by atoms with Crippen molar-refractivity contribution in [1.29, 1.82) is 0 Å². The molecule has 20 heavy (non-hydrogen) atoms. The zero-order valence-corrected chi connectivity index (χ0v) is 12.5. The van der Waals surface area contributed by atoms with Gasteiger partial charge in [-0.15, -0.1) is 0 Å². The summed E-state index contributed by atoms with van der Waals surface area (Å²) in [7, 11) is 0. The summed E-state index contributed by atoms with van der Waals surface area (Å²) in [6.07, 6.45) is 5.19. The first kappa shape index (κ1) is 15.0. The summed E-state index contributed by atoms with van der Waals surface area (Å²) in [5, 5.41) is 3.46. The van der Waals surface area contributed by atoms with Crippen molar-refractivity contribution in [3.8, 4) is 0 Å². The number of rotatable bonds is 7. The van der Waals surface area contributed by atoms with Crippen LogP contribution in [0.25, 0.3) is 0 Å². The fraction of sp³-hybridized carbons (Fsp3) is 0.588. The Morgan fingerprint density at radius 3 is 2.65 bits per heavy atom. The number of aryl methyl sites for hydroxylation is 1. The van der Waals surface area contributed by atoms with Gasteiger partial charge in [-0.05, 0) is 38.2 Å². The number of nitrogens with zero attached hydrogens (tertiary/aromatic N) is 1. The van der Waals surface area contributed by atoms with Crippen molar-refractivity contribution < 1.29 is 4.79 Å². The van der Waals surface area contributed by atoms with E-state index in [-0.39, 0.29) is 0 Å². The number of likely N-dealkylation sites (tertiary alicyclic amines) is 1. The third kappa shape index (κ3) is 4.97. The minimum absolute atomic E-state index is 0.310. The van der Waals surface area contributed by atoms with E-state index in [1.165, 1.54) is 18.4 Å². The number of carbonyl (C=O) groups excluding carboxylic acids is 1. The Labute approximate surface area is 122 Å². The van der Waals surface area contributed by atoms with Gasteiger partial charge >= 0.3 is 0 Å². The highest BCUT2D eigenvalue weighted by Crippen LogP contribution is 2.09. The van der Waals surface area contributed by atoms with E-state index in [9.17, 15) is 4.79 Å². The van der Waals surface area contributed by atoms with E-state index < -0.39 is 0 Å². The molecule has 0 radical (unpaired) electrons. The molecule has 2 rings (SSSR count). The van der Waals surface area contributed by atoms with Gasteiger partial charge in [0, 0.05) is 32.1 Å². The lowest BCUT2D eigenvalue weighted by Gasteiger charge is -2.17. The molecule has 0 aliphatic carbocycles. The zero-order valence-electron chi connectivity index (χ0n) is 12.5. The predicted octanol–water partition coefficient (Wildman–Crippen LogP) is 2.61. The standard InChI is InChI=1S/C17H26N2O/c1-15(9-10-16-7-3-2-4-8-16)18-12-11-17(20)19-13-5-6-14-19/h2-4,7-8,15,18H,5-6,9-14H2,1H3. The summed E-state index contributed by atoms with van der Waals surface area (Å²) in [5.41, 5.74) is 1.38. The average molecular weight is 274 g/mol. The molecule has 1 heterocycles. The summed E-state index contributed by atoms with van der Waals surface area (Å²) in [6, 6.07) is 11.0. The number of amides is 1. The molecule has 0 saturated carbocycles. The molecule has 0 aromatic heterocycles. The Balaban J connectivity index is 1.58. The number of hydrogen-bond donors (Lipinski definition) is 1. The van der Waals surface area contributed by atoms with Crippen molar-refractivity contribution in [3.63, 3.8) is 0 Å². The molecule has 1 aromatic rings. The summed E-state index contributed by atoms with van der Waals surface area (Å²) < 4.78 is 0. The van der Waals surface area contributed by atoms with E-state index in [4.69, 9.17) is 0 Å². The van der Waals surface area contributed by atoms with Crippen molar-refractivity contribution in [1.82, 2.24) is 10.2 Å². The minimum atomic E-state index is 0.310. The van der Waals surface area contributed by atoms with Crippen LogP contribution in [0.2, 0.25) is 0 Å². The molecule has 3 heteroatoms. The second-order valence-corrected chi connectivity index (χ2v) is 5.72. The van der Waals surface area contributed by atoms with E-state index in [2.05, 4.69) is 42.6 Å². The monoisotopic (exact) mass is 274 g/mol. The Hall–Kier alpha value is -1.35. The number of carbonyl (C=O) groups is 1. The van der Waals surface area contributed by atoms with Gasteiger partial charge in [-0.2, -0.15) is 0 Å². The van der Waals surface area contributed by atoms with Crippen molar-refractivity contribution in [2.24, 2.45) is 0 Å². The van der Waals surface area contributed by atoms with Crippen LogP contribution in [-0.4, -0.2) is 36.5 Å². The van der Waals surface area contributed by atoms with E-state index in [0.717, 1.165) is 32.5 Å². The molecule has 1 fully saturated rings. The third-order valence-corrected chi connectivity index (χ3v) is 4.00. The molecule has 1 N–H and O–H groups in total. The molecule has 1 saturated heterocycles. The highest BCUT2D eigenvalue weighted by Gasteiger charge is 2.17. The Morgan fingerprint density at radius 2 is 1.95 bits per heavy atom. The molecule has 1 aliphatic rings. The fourth-order valence-electron chi connectivity index (χ4n) is 2.68. The topological polar surface area (TPSA) is 32.3 Å². The van der Waals surface area contributed by atoms with Gasteiger partial charge in [0.25, 0.3) is 0 Å².